The van der Waals surface area contributed by atoms with Gasteiger partial charge in [-0.2, -0.15) is 4.31 Å². The lowest BCUT2D eigenvalue weighted by Gasteiger charge is -2.43. The highest BCUT2D eigenvalue weighted by molar-refractivity contribution is 7.89. The maximum atomic E-state index is 13.1. The van der Waals surface area contributed by atoms with Crippen LogP contribution in [0.25, 0.3) is 0 Å². The van der Waals surface area contributed by atoms with Gasteiger partial charge in [-0.25, -0.2) is 8.42 Å². The largest absolute Gasteiger partial charge is 0.486 e. The van der Waals surface area contributed by atoms with Crippen LogP contribution in [0.1, 0.15) is 29.6 Å². The number of ether oxygens (including phenoxy) is 3. The molecular formula is C21H21NO6S. The van der Waals surface area contributed by atoms with E-state index >= 15 is 0 Å². The fourth-order valence-corrected chi connectivity index (χ4v) is 5.65. The lowest BCUT2D eigenvalue weighted by molar-refractivity contribution is 0.00591. The third-order valence-corrected chi connectivity index (χ3v) is 7.68. The van der Waals surface area contributed by atoms with Crippen molar-refractivity contribution in [3.63, 3.8) is 0 Å². The van der Waals surface area contributed by atoms with Crippen molar-refractivity contribution in [3.05, 3.63) is 48.0 Å². The number of para-hydroxylation sites is 1. The number of Topliss-reactive ketones (excluding diaryl/α,β-unsaturated/α-hetero) is 1. The Kier molecular flexibility index (Phi) is 4.29. The number of rotatable bonds is 2. The van der Waals surface area contributed by atoms with Gasteiger partial charge in [-0.05, 0) is 24.3 Å². The Balaban J connectivity index is 1.35. The molecule has 152 valence electrons. The molecule has 7 nitrogen and oxygen atoms in total. The van der Waals surface area contributed by atoms with E-state index in [4.69, 9.17) is 14.2 Å². The molecule has 0 aromatic heterocycles. The van der Waals surface area contributed by atoms with E-state index in [1.807, 2.05) is 12.1 Å². The Hall–Kier alpha value is -2.58. The summed E-state index contributed by atoms with van der Waals surface area (Å²) in [6, 6.07) is 11.9. The number of hydrogen-bond donors (Lipinski definition) is 0. The molecule has 0 N–H and O–H groups in total. The van der Waals surface area contributed by atoms with Gasteiger partial charge in [0, 0.05) is 32.0 Å². The summed E-state index contributed by atoms with van der Waals surface area (Å²) in [7, 11) is -3.67. The molecule has 0 amide bonds. The van der Waals surface area contributed by atoms with E-state index in [2.05, 4.69) is 0 Å². The van der Waals surface area contributed by atoms with Gasteiger partial charge in [-0.3, -0.25) is 4.79 Å². The minimum Gasteiger partial charge on any atom is -0.486 e. The fraction of sp³-hybridized carbons (Fsp3) is 0.381. The van der Waals surface area contributed by atoms with Crippen LogP contribution in [0.4, 0.5) is 0 Å². The number of nitrogens with zero attached hydrogens (tertiary/aromatic N) is 1. The molecule has 0 saturated carbocycles. The molecule has 0 radical (unpaired) electrons. The number of sulfonamides is 1. The summed E-state index contributed by atoms with van der Waals surface area (Å²) in [5.41, 5.74) is -0.0333. The van der Waals surface area contributed by atoms with Crippen LogP contribution in [-0.2, 0) is 10.0 Å². The maximum absolute atomic E-state index is 13.1. The van der Waals surface area contributed by atoms with Gasteiger partial charge in [0.1, 0.15) is 24.6 Å². The maximum Gasteiger partial charge on any atom is 0.243 e. The molecule has 2 aromatic carbocycles. The third-order valence-electron chi connectivity index (χ3n) is 5.78. The highest BCUT2D eigenvalue weighted by atomic mass is 32.2. The first-order chi connectivity index (χ1) is 14.0. The van der Waals surface area contributed by atoms with Gasteiger partial charge in [0.15, 0.2) is 17.3 Å². The van der Waals surface area contributed by atoms with Gasteiger partial charge in [-0.1, -0.05) is 12.1 Å². The van der Waals surface area contributed by atoms with E-state index in [1.165, 1.54) is 10.4 Å². The molecule has 2 aromatic rings. The van der Waals surface area contributed by atoms with E-state index in [0.29, 0.717) is 62.0 Å². The average molecular weight is 415 g/mol. The van der Waals surface area contributed by atoms with E-state index in [0.717, 1.165) is 0 Å². The summed E-state index contributed by atoms with van der Waals surface area (Å²) in [5, 5.41) is 0. The van der Waals surface area contributed by atoms with E-state index in [1.54, 1.807) is 24.3 Å². The Bertz CT molecular complexity index is 1070. The predicted molar refractivity (Wildman–Crippen MR) is 104 cm³/mol. The number of benzene rings is 2. The van der Waals surface area contributed by atoms with E-state index in [-0.39, 0.29) is 17.1 Å². The minimum atomic E-state index is -3.67. The SMILES string of the molecule is O=C1CC2(CCN(S(=O)(=O)c3ccc4c(c3)OCCO4)CC2)Oc2ccccc21. The van der Waals surface area contributed by atoms with Crippen LogP contribution in [0.15, 0.2) is 47.4 Å². The zero-order valence-corrected chi connectivity index (χ0v) is 16.6. The molecule has 8 heteroatoms. The zero-order chi connectivity index (χ0) is 20.1. The molecule has 0 bridgehead atoms. The van der Waals surface area contributed by atoms with Crippen molar-refractivity contribution < 1.29 is 27.4 Å². The molecule has 1 spiro atoms. The first kappa shape index (κ1) is 18.4. The lowest BCUT2D eigenvalue weighted by atomic mass is 9.83. The van der Waals surface area contributed by atoms with Crippen LogP contribution >= 0.6 is 0 Å². The molecule has 3 aliphatic rings. The number of piperidine rings is 1. The summed E-state index contributed by atoms with van der Waals surface area (Å²) in [6.45, 7) is 1.45. The Labute approximate surface area is 169 Å². The normalized spacial score (nSPS) is 20.8. The first-order valence-corrected chi connectivity index (χ1v) is 11.1. The topological polar surface area (TPSA) is 82.1 Å². The van der Waals surface area contributed by atoms with Crippen LogP contribution < -0.4 is 14.2 Å². The second-order valence-electron chi connectivity index (χ2n) is 7.59. The van der Waals surface area contributed by atoms with Crippen molar-refractivity contribution in [2.24, 2.45) is 0 Å². The van der Waals surface area contributed by atoms with Crippen molar-refractivity contribution >= 4 is 15.8 Å². The van der Waals surface area contributed by atoms with Gasteiger partial charge >= 0.3 is 0 Å². The van der Waals surface area contributed by atoms with Crippen molar-refractivity contribution in [1.82, 2.24) is 4.31 Å². The van der Waals surface area contributed by atoms with Gasteiger partial charge in [0.2, 0.25) is 10.0 Å². The van der Waals surface area contributed by atoms with Gasteiger partial charge in [0.05, 0.1) is 16.9 Å². The molecule has 1 saturated heterocycles. The Morgan fingerprint density at radius 2 is 1.62 bits per heavy atom. The standard InChI is InChI=1S/C21H21NO6S/c23-17-14-21(28-18-4-2-1-3-16(17)18)7-9-22(10-8-21)29(24,25)15-5-6-19-20(13-15)27-12-11-26-19/h1-6,13H,7-12,14H2. The van der Waals surface area contributed by atoms with Gasteiger partial charge in [-0.15, -0.1) is 0 Å². The number of carbonyl (C=O) groups excluding carboxylic acids is 1. The third kappa shape index (κ3) is 3.16. The molecule has 5 rings (SSSR count). The smallest absolute Gasteiger partial charge is 0.243 e. The first-order valence-electron chi connectivity index (χ1n) is 9.68. The molecule has 3 aliphatic heterocycles. The van der Waals surface area contributed by atoms with Crippen molar-refractivity contribution in [2.75, 3.05) is 26.3 Å². The molecule has 0 aliphatic carbocycles. The van der Waals surface area contributed by atoms with Crippen LogP contribution in [-0.4, -0.2) is 50.4 Å². The lowest BCUT2D eigenvalue weighted by Crippen LogP contribution is -2.52. The van der Waals surface area contributed by atoms with Gasteiger partial charge < -0.3 is 14.2 Å². The molecule has 0 atom stereocenters. The van der Waals surface area contributed by atoms with Crippen molar-refractivity contribution in [3.8, 4) is 17.2 Å². The van der Waals surface area contributed by atoms with Crippen molar-refractivity contribution in [2.45, 2.75) is 29.8 Å². The second-order valence-corrected chi connectivity index (χ2v) is 9.53. The Morgan fingerprint density at radius 3 is 2.41 bits per heavy atom. The molecule has 1 fully saturated rings. The number of ketones is 1. The van der Waals surface area contributed by atoms with Crippen LogP contribution in [0.3, 0.4) is 0 Å². The highest BCUT2D eigenvalue weighted by Gasteiger charge is 2.45. The van der Waals surface area contributed by atoms with E-state index < -0.39 is 15.6 Å². The Morgan fingerprint density at radius 1 is 0.897 bits per heavy atom. The van der Waals surface area contributed by atoms with Crippen LogP contribution in [0, 0.1) is 0 Å². The molecule has 3 heterocycles. The summed E-state index contributed by atoms with van der Waals surface area (Å²) in [5.74, 6) is 1.64. The summed E-state index contributed by atoms with van der Waals surface area (Å²) >= 11 is 0. The van der Waals surface area contributed by atoms with Crippen molar-refractivity contribution in [1.29, 1.82) is 0 Å². The zero-order valence-electron chi connectivity index (χ0n) is 15.8. The summed E-state index contributed by atoms with van der Waals surface area (Å²) in [4.78, 5) is 12.7. The molecule has 0 unspecified atom stereocenters. The number of carbonyl (C=O) groups is 1. The second kappa shape index (κ2) is 6.74. The quantitative estimate of drug-likeness (QED) is 0.750. The number of fused-ring (bicyclic) bond motifs is 2. The summed E-state index contributed by atoms with van der Waals surface area (Å²) in [6.07, 6.45) is 1.22. The average Bonchev–Trinajstić information content (AvgIpc) is 2.74. The predicted octanol–water partition coefficient (Wildman–Crippen LogP) is 2.65. The highest BCUT2D eigenvalue weighted by Crippen LogP contribution is 2.40. The molecular weight excluding hydrogens is 394 g/mol. The summed E-state index contributed by atoms with van der Waals surface area (Å²) < 4.78 is 44.9. The van der Waals surface area contributed by atoms with Crippen LogP contribution in [0.5, 0.6) is 17.2 Å². The monoisotopic (exact) mass is 415 g/mol. The van der Waals surface area contributed by atoms with Gasteiger partial charge in [0.25, 0.3) is 0 Å². The minimum absolute atomic E-state index is 0.0509. The van der Waals surface area contributed by atoms with Crippen LogP contribution in [0.2, 0.25) is 0 Å². The molecule has 29 heavy (non-hydrogen) atoms. The van der Waals surface area contributed by atoms with E-state index in [9.17, 15) is 13.2 Å². The fourth-order valence-electron chi connectivity index (χ4n) is 4.19. The number of hydrogen-bond acceptors (Lipinski definition) is 6.